The number of rotatable bonds is 5. The second kappa shape index (κ2) is 12.4. The van der Waals surface area contributed by atoms with Gasteiger partial charge in [0.2, 0.25) is 11.8 Å². The molecule has 0 aromatic heterocycles. The van der Waals surface area contributed by atoms with Gasteiger partial charge in [0, 0.05) is 35.6 Å². The van der Waals surface area contributed by atoms with Gasteiger partial charge in [-0.15, -0.1) is 0 Å². The van der Waals surface area contributed by atoms with E-state index in [9.17, 15) is 19.2 Å². The first-order chi connectivity index (χ1) is 19.7. The van der Waals surface area contributed by atoms with E-state index in [1.165, 1.54) is 9.80 Å². The van der Waals surface area contributed by atoms with Crippen molar-refractivity contribution in [2.75, 3.05) is 23.7 Å². The van der Waals surface area contributed by atoms with Crippen LogP contribution < -0.4 is 10.6 Å². The quantitative estimate of drug-likeness (QED) is 0.448. The largest absolute Gasteiger partial charge is 0.444 e. The minimum absolute atomic E-state index is 0.300. The van der Waals surface area contributed by atoms with Gasteiger partial charge in [0.1, 0.15) is 23.3 Å². The molecule has 4 rings (SSSR count). The summed E-state index contributed by atoms with van der Waals surface area (Å²) in [5, 5.41) is 6.01. The highest BCUT2D eigenvalue weighted by Crippen LogP contribution is 2.35. The van der Waals surface area contributed by atoms with Crippen LogP contribution >= 0.6 is 0 Å². The van der Waals surface area contributed by atoms with Crippen molar-refractivity contribution in [2.45, 2.75) is 90.5 Å². The van der Waals surface area contributed by atoms with Crippen LogP contribution in [0.4, 0.5) is 21.0 Å². The van der Waals surface area contributed by atoms with Gasteiger partial charge >= 0.3 is 12.2 Å². The fourth-order valence-electron chi connectivity index (χ4n) is 5.24. The number of nitrogens with zero attached hydrogens (tertiary/aromatic N) is 2. The van der Waals surface area contributed by atoms with E-state index in [-0.39, 0.29) is 11.8 Å². The maximum Gasteiger partial charge on any atom is 0.410 e. The number of hydrogen-bond acceptors (Lipinski definition) is 6. The van der Waals surface area contributed by atoms with Gasteiger partial charge in [0.15, 0.2) is 0 Å². The normalized spacial score (nSPS) is 18.9. The molecule has 2 fully saturated rings. The molecule has 2 aromatic carbocycles. The first kappa shape index (κ1) is 30.9. The van der Waals surface area contributed by atoms with Gasteiger partial charge in [-0.2, -0.15) is 0 Å². The average molecular weight is 579 g/mol. The Morgan fingerprint density at radius 1 is 0.643 bits per heavy atom. The molecule has 0 radical (unpaired) electrons. The lowest BCUT2D eigenvalue weighted by Crippen LogP contribution is -2.45. The van der Waals surface area contributed by atoms with E-state index in [1.54, 1.807) is 53.7 Å². The van der Waals surface area contributed by atoms with Crippen LogP contribution in [0, 0.1) is 0 Å². The number of likely N-dealkylation sites (tertiary alicyclic amines) is 2. The summed E-state index contributed by atoms with van der Waals surface area (Å²) in [5.41, 5.74) is 1.19. The van der Waals surface area contributed by atoms with Crippen molar-refractivity contribution in [3.05, 3.63) is 48.5 Å². The number of amides is 4. The van der Waals surface area contributed by atoms with Crippen molar-refractivity contribution in [2.24, 2.45) is 0 Å². The summed E-state index contributed by atoms with van der Waals surface area (Å²) >= 11 is 0. The standard InChI is InChI=1S/C32H42N4O6/c1-31(2,3)41-29(39)35-19-11-17-25(35)27(37)33-23-15-9-7-13-21(23)22-14-8-10-16-24(22)34-28(38)26-18-12-20-36(26)30(40)42-32(4,5)6/h7-10,13-16,25-26H,11-12,17-20H2,1-6H3,(H,33,37)(H,34,38)/t25-,26-/m0/s1. The molecule has 2 aliphatic rings. The van der Waals surface area contributed by atoms with Crippen molar-refractivity contribution in [3.63, 3.8) is 0 Å². The molecule has 42 heavy (non-hydrogen) atoms. The fourth-order valence-corrected chi connectivity index (χ4v) is 5.24. The number of para-hydroxylation sites is 2. The first-order valence-electron chi connectivity index (χ1n) is 14.5. The second-order valence-corrected chi connectivity index (χ2v) is 12.7. The molecule has 2 heterocycles. The first-order valence-corrected chi connectivity index (χ1v) is 14.5. The number of carbonyl (C=O) groups excluding carboxylic acids is 4. The Morgan fingerprint density at radius 2 is 1.00 bits per heavy atom. The van der Waals surface area contributed by atoms with Crippen LogP contribution in [0.1, 0.15) is 67.2 Å². The number of ether oxygens (including phenoxy) is 2. The molecule has 0 unspecified atom stereocenters. The molecule has 2 atom stereocenters. The van der Waals surface area contributed by atoms with E-state index in [1.807, 2.05) is 36.4 Å². The van der Waals surface area contributed by atoms with Crippen molar-refractivity contribution in [1.29, 1.82) is 0 Å². The molecule has 2 aliphatic heterocycles. The SMILES string of the molecule is CC(C)(C)OC(=O)N1CCC[C@H]1C(=O)Nc1ccccc1-c1ccccc1NC(=O)[C@@H]1CCCN1C(=O)OC(C)(C)C. The van der Waals surface area contributed by atoms with Crippen LogP contribution in [0.25, 0.3) is 11.1 Å². The van der Waals surface area contributed by atoms with Gasteiger partial charge in [-0.25, -0.2) is 9.59 Å². The zero-order chi connectivity index (χ0) is 30.7. The Morgan fingerprint density at radius 3 is 1.36 bits per heavy atom. The molecule has 2 saturated heterocycles. The molecule has 0 saturated carbocycles. The number of nitrogens with one attached hydrogen (secondary N) is 2. The predicted octanol–water partition coefficient (Wildman–Crippen LogP) is 6.03. The van der Waals surface area contributed by atoms with Crippen LogP contribution in [0.15, 0.2) is 48.5 Å². The fraction of sp³-hybridized carbons (Fsp3) is 0.500. The summed E-state index contributed by atoms with van der Waals surface area (Å²) in [6.07, 6.45) is 1.47. The van der Waals surface area contributed by atoms with Crippen LogP contribution in [-0.4, -0.2) is 70.2 Å². The van der Waals surface area contributed by atoms with E-state index in [4.69, 9.17) is 9.47 Å². The molecular formula is C32H42N4O6. The number of anilines is 2. The molecule has 0 bridgehead atoms. The maximum atomic E-state index is 13.4. The zero-order valence-electron chi connectivity index (χ0n) is 25.4. The molecule has 226 valence electrons. The summed E-state index contributed by atoms with van der Waals surface area (Å²) in [4.78, 5) is 55.3. The lowest BCUT2D eigenvalue weighted by molar-refractivity contribution is -0.121. The highest BCUT2D eigenvalue weighted by molar-refractivity contribution is 6.04. The van der Waals surface area contributed by atoms with Crippen LogP contribution in [-0.2, 0) is 19.1 Å². The maximum absolute atomic E-state index is 13.4. The van der Waals surface area contributed by atoms with Gasteiger partial charge in [0.05, 0.1) is 0 Å². The third-order valence-corrected chi connectivity index (χ3v) is 7.03. The zero-order valence-corrected chi connectivity index (χ0v) is 25.4. The minimum atomic E-state index is -0.663. The van der Waals surface area contributed by atoms with Crippen molar-refractivity contribution >= 4 is 35.4 Å². The van der Waals surface area contributed by atoms with Gasteiger partial charge in [-0.1, -0.05) is 36.4 Å². The predicted molar refractivity (Wildman–Crippen MR) is 161 cm³/mol. The Kier molecular flexibility index (Phi) is 9.13. The molecule has 0 aliphatic carbocycles. The highest BCUT2D eigenvalue weighted by Gasteiger charge is 2.38. The third-order valence-electron chi connectivity index (χ3n) is 7.03. The molecule has 10 nitrogen and oxygen atoms in total. The Labute approximate surface area is 247 Å². The smallest absolute Gasteiger partial charge is 0.410 e. The Hall–Kier alpha value is -4.08. The van der Waals surface area contributed by atoms with Gasteiger partial charge < -0.3 is 20.1 Å². The van der Waals surface area contributed by atoms with E-state index < -0.39 is 35.5 Å². The van der Waals surface area contributed by atoms with Crippen LogP contribution in [0.5, 0.6) is 0 Å². The van der Waals surface area contributed by atoms with E-state index in [0.717, 1.165) is 0 Å². The molecule has 2 aromatic rings. The van der Waals surface area contributed by atoms with Gasteiger partial charge in [0.25, 0.3) is 0 Å². The van der Waals surface area contributed by atoms with E-state index in [2.05, 4.69) is 10.6 Å². The highest BCUT2D eigenvalue weighted by atomic mass is 16.6. The summed E-state index contributed by atoms with van der Waals surface area (Å²) in [6.45, 7) is 11.7. The summed E-state index contributed by atoms with van der Waals surface area (Å²) in [6, 6.07) is 13.4. The minimum Gasteiger partial charge on any atom is -0.444 e. The summed E-state index contributed by atoms with van der Waals surface area (Å²) in [5.74, 6) is -0.599. The number of hydrogen-bond donors (Lipinski definition) is 2. The third kappa shape index (κ3) is 7.60. The van der Waals surface area contributed by atoms with Crippen molar-refractivity contribution < 1.29 is 28.7 Å². The second-order valence-electron chi connectivity index (χ2n) is 12.7. The van der Waals surface area contributed by atoms with Crippen molar-refractivity contribution in [1.82, 2.24) is 9.80 Å². The topological polar surface area (TPSA) is 117 Å². The Balaban J connectivity index is 1.53. The Bertz CT molecular complexity index is 1230. The van der Waals surface area contributed by atoms with Crippen LogP contribution in [0.2, 0.25) is 0 Å². The molecule has 2 N–H and O–H groups in total. The monoisotopic (exact) mass is 578 g/mol. The number of benzene rings is 2. The van der Waals surface area contributed by atoms with E-state index >= 15 is 0 Å². The van der Waals surface area contributed by atoms with E-state index in [0.29, 0.717) is 61.3 Å². The summed E-state index contributed by atoms with van der Waals surface area (Å²) in [7, 11) is 0. The summed E-state index contributed by atoms with van der Waals surface area (Å²) < 4.78 is 11.0. The van der Waals surface area contributed by atoms with Gasteiger partial charge in [-0.3, -0.25) is 19.4 Å². The lowest BCUT2D eigenvalue weighted by atomic mass is 10.0. The van der Waals surface area contributed by atoms with Gasteiger partial charge in [-0.05, 0) is 79.4 Å². The lowest BCUT2D eigenvalue weighted by Gasteiger charge is -2.28. The molecular weight excluding hydrogens is 536 g/mol. The van der Waals surface area contributed by atoms with Crippen LogP contribution in [0.3, 0.4) is 0 Å². The molecule has 10 heteroatoms. The number of carbonyl (C=O) groups is 4. The average Bonchev–Trinajstić information content (AvgIpc) is 3.58. The van der Waals surface area contributed by atoms with Crippen molar-refractivity contribution in [3.8, 4) is 11.1 Å². The molecule has 0 spiro atoms. The molecule has 4 amide bonds.